The van der Waals surface area contributed by atoms with Crippen molar-refractivity contribution in [2.24, 2.45) is 7.05 Å². The number of H-pyrrole nitrogens is 1. The Morgan fingerprint density at radius 2 is 2.07 bits per heavy atom. The molecule has 0 radical (unpaired) electrons. The van der Waals surface area contributed by atoms with E-state index < -0.39 is 0 Å². The number of nitriles is 1. The Morgan fingerprint density at radius 3 is 2.71 bits per heavy atom. The van der Waals surface area contributed by atoms with Crippen LogP contribution in [0.25, 0.3) is 33.5 Å². The molecule has 0 atom stereocenters. The van der Waals surface area contributed by atoms with Crippen LogP contribution in [0, 0.1) is 24.1 Å². The highest BCUT2D eigenvalue weighted by Gasteiger charge is 2.20. The summed E-state index contributed by atoms with van der Waals surface area (Å²) in [7, 11) is 1.82. The maximum atomic E-state index is 15.0. The Balaban J connectivity index is 1.95. The first-order valence-electron chi connectivity index (χ1n) is 9.09. The number of hydrogen-bond donors (Lipinski definition) is 1. The van der Waals surface area contributed by atoms with Gasteiger partial charge < -0.3 is 0 Å². The highest BCUT2D eigenvalue weighted by atomic mass is 19.1. The van der Waals surface area contributed by atoms with Crippen molar-refractivity contribution in [2.45, 2.75) is 26.7 Å². The number of aryl methyl sites for hydroxylation is 3. The fourth-order valence-electron chi connectivity index (χ4n) is 3.52. The molecule has 3 heterocycles. The van der Waals surface area contributed by atoms with Crippen molar-refractivity contribution in [3.8, 4) is 28.6 Å². The molecule has 0 aliphatic rings. The van der Waals surface area contributed by atoms with E-state index in [-0.39, 0.29) is 5.82 Å². The minimum Gasteiger partial charge on any atom is -0.276 e. The molecule has 28 heavy (non-hydrogen) atoms. The van der Waals surface area contributed by atoms with Crippen LogP contribution in [0.15, 0.2) is 30.6 Å². The van der Waals surface area contributed by atoms with Crippen molar-refractivity contribution in [2.75, 3.05) is 0 Å². The molecule has 0 spiro atoms. The standard InChI is InChI=1S/C21H19FN6/c1-4-5-13-6-12(2)18(16(22)7-13)19-14(9-23)8-17-21(25-19)20(27-26-17)15-10-24-28(3)11-15/h6-8,10-11H,4-5H2,1-3H3,(H,26,27). The van der Waals surface area contributed by atoms with Gasteiger partial charge in [-0.05, 0) is 36.6 Å². The third-order valence-corrected chi connectivity index (χ3v) is 4.76. The number of halogens is 1. The molecule has 0 saturated carbocycles. The molecule has 0 bridgehead atoms. The van der Waals surface area contributed by atoms with Gasteiger partial charge in [0, 0.05) is 24.4 Å². The van der Waals surface area contributed by atoms with Gasteiger partial charge in [-0.3, -0.25) is 9.78 Å². The van der Waals surface area contributed by atoms with Crippen LogP contribution in [0.3, 0.4) is 0 Å². The Labute approximate surface area is 161 Å². The van der Waals surface area contributed by atoms with E-state index in [4.69, 9.17) is 0 Å². The molecular weight excluding hydrogens is 355 g/mol. The lowest BCUT2D eigenvalue weighted by Crippen LogP contribution is -1.98. The average Bonchev–Trinajstić information content (AvgIpc) is 3.26. The minimum absolute atomic E-state index is 0.305. The number of fused-ring (bicyclic) bond motifs is 1. The van der Waals surface area contributed by atoms with Crippen LogP contribution < -0.4 is 0 Å². The van der Waals surface area contributed by atoms with Crippen LogP contribution in [-0.4, -0.2) is 25.0 Å². The van der Waals surface area contributed by atoms with Crippen molar-refractivity contribution >= 4 is 11.0 Å². The summed E-state index contributed by atoms with van der Waals surface area (Å²) in [4.78, 5) is 4.67. The monoisotopic (exact) mass is 374 g/mol. The van der Waals surface area contributed by atoms with Crippen molar-refractivity contribution in [3.63, 3.8) is 0 Å². The largest absolute Gasteiger partial charge is 0.276 e. The van der Waals surface area contributed by atoms with E-state index in [2.05, 4.69) is 33.3 Å². The Bertz CT molecular complexity index is 1200. The molecule has 4 rings (SSSR count). The smallest absolute Gasteiger partial charge is 0.133 e. The van der Waals surface area contributed by atoms with E-state index in [1.165, 1.54) is 6.07 Å². The molecule has 0 aliphatic carbocycles. The maximum Gasteiger partial charge on any atom is 0.133 e. The first-order valence-corrected chi connectivity index (χ1v) is 9.09. The summed E-state index contributed by atoms with van der Waals surface area (Å²) in [6.07, 6.45) is 5.28. The molecule has 140 valence electrons. The van der Waals surface area contributed by atoms with Gasteiger partial charge in [0.05, 0.1) is 23.0 Å². The lowest BCUT2D eigenvalue weighted by molar-refractivity contribution is 0.626. The second kappa shape index (κ2) is 6.89. The van der Waals surface area contributed by atoms with Crippen molar-refractivity contribution in [3.05, 3.63) is 53.1 Å². The summed E-state index contributed by atoms with van der Waals surface area (Å²) in [5.74, 6) is -0.363. The lowest BCUT2D eigenvalue weighted by atomic mass is 9.96. The number of benzene rings is 1. The summed E-state index contributed by atoms with van der Waals surface area (Å²) in [5.41, 5.74) is 5.33. The van der Waals surface area contributed by atoms with Crippen LogP contribution in [-0.2, 0) is 13.5 Å². The predicted molar refractivity (Wildman–Crippen MR) is 105 cm³/mol. The van der Waals surface area contributed by atoms with E-state index in [0.29, 0.717) is 33.5 Å². The van der Waals surface area contributed by atoms with E-state index in [1.807, 2.05) is 26.2 Å². The van der Waals surface area contributed by atoms with Gasteiger partial charge in [-0.25, -0.2) is 9.37 Å². The van der Waals surface area contributed by atoms with Crippen molar-refractivity contribution in [1.29, 1.82) is 5.26 Å². The summed E-state index contributed by atoms with van der Waals surface area (Å²) < 4.78 is 16.7. The highest BCUT2D eigenvalue weighted by Crippen LogP contribution is 2.33. The van der Waals surface area contributed by atoms with Crippen LogP contribution >= 0.6 is 0 Å². The Morgan fingerprint density at radius 1 is 1.25 bits per heavy atom. The number of rotatable bonds is 4. The average molecular weight is 374 g/mol. The van der Waals surface area contributed by atoms with Gasteiger partial charge in [-0.1, -0.05) is 19.4 Å². The molecule has 0 saturated heterocycles. The molecule has 4 aromatic rings. The van der Waals surface area contributed by atoms with E-state index >= 15 is 4.39 Å². The molecule has 1 N–H and O–H groups in total. The van der Waals surface area contributed by atoms with Gasteiger partial charge >= 0.3 is 0 Å². The molecule has 0 unspecified atom stereocenters. The van der Waals surface area contributed by atoms with E-state index in [0.717, 1.165) is 29.5 Å². The fraction of sp³-hybridized carbons (Fsp3) is 0.238. The molecule has 6 nitrogen and oxygen atoms in total. The van der Waals surface area contributed by atoms with Gasteiger partial charge in [-0.2, -0.15) is 15.5 Å². The zero-order chi connectivity index (χ0) is 19.8. The van der Waals surface area contributed by atoms with Crippen LogP contribution in [0.1, 0.15) is 30.0 Å². The summed E-state index contributed by atoms with van der Waals surface area (Å²) in [6, 6.07) is 7.31. The van der Waals surface area contributed by atoms with Gasteiger partial charge in [0.1, 0.15) is 23.1 Å². The van der Waals surface area contributed by atoms with E-state index in [1.54, 1.807) is 16.9 Å². The molecule has 3 aromatic heterocycles. The van der Waals surface area contributed by atoms with Gasteiger partial charge in [-0.15, -0.1) is 0 Å². The van der Waals surface area contributed by atoms with E-state index in [9.17, 15) is 5.26 Å². The topological polar surface area (TPSA) is 83.2 Å². The number of nitrogens with one attached hydrogen (secondary N) is 1. The zero-order valence-electron chi connectivity index (χ0n) is 15.9. The number of hydrogen-bond acceptors (Lipinski definition) is 4. The summed E-state index contributed by atoms with van der Waals surface area (Å²) in [5, 5.41) is 21.0. The quantitative estimate of drug-likeness (QED) is 0.577. The second-order valence-corrected chi connectivity index (χ2v) is 6.89. The van der Waals surface area contributed by atoms with Crippen molar-refractivity contribution in [1.82, 2.24) is 25.0 Å². The normalized spacial score (nSPS) is 11.1. The predicted octanol–water partition coefficient (Wildman–Crippen LogP) is 4.30. The zero-order valence-corrected chi connectivity index (χ0v) is 15.9. The summed E-state index contributed by atoms with van der Waals surface area (Å²) >= 11 is 0. The van der Waals surface area contributed by atoms with Crippen LogP contribution in [0.2, 0.25) is 0 Å². The first kappa shape index (κ1) is 17.9. The molecule has 0 aliphatic heterocycles. The van der Waals surface area contributed by atoms with Crippen LogP contribution in [0.4, 0.5) is 4.39 Å². The summed E-state index contributed by atoms with van der Waals surface area (Å²) in [6.45, 7) is 3.91. The Kier molecular flexibility index (Phi) is 4.40. The number of aromatic nitrogens is 5. The second-order valence-electron chi connectivity index (χ2n) is 6.89. The number of nitrogens with zero attached hydrogens (tertiary/aromatic N) is 5. The minimum atomic E-state index is -0.363. The fourth-order valence-corrected chi connectivity index (χ4v) is 3.52. The molecule has 0 amide bonds. The molecular formula is C21H19FN6. The maximum absolute atomic E-state index is 15.0. The molecule has 0 fully saturated rings. The van der Waals surface area contributed by atoms with Crippen molar-refractivity contribution < 1.29 is 4.39 Å². The van der Waals surface area contributed by atoms with Gasteiger partial charge in [0.15, 0.2) is 0 Å². The molecule has 1 aromatic carbocycles. The lowest BCUT2D eigenvalue weighted by Gasteiger charge is -2.11. The van der Waals surface area contributed by atoms with Crippen LogP contribution in [0.5, 0.6) is 0 Å². The molecule has 7 heteroatoms. The third-order valence-electron chi connectivity index (χ3n) is 4.76. The first-order chi connectivity index (χ1) is 13.5. The number of pyridine rings is 1. The van der Waals surface area contributed by atoms with Gasteiger partial charge in [0.2, 0.25) is 0 Å². The number of aromatic amines is 1. The SMILES string of the molecule is CCCc1cc(C)c(-c2nc3c(-c4cnn(C)c4)n[nH]c3cc2C#N)c(F)c1. The third kappa shape index (κ3) is 2.93. The highest BCUT2D eigenvalue weighted by molar-refractivity contribution is 5.92. The Hall–Kier alpha value is -3.53. The van der Waals surface area contributed by atoms with Gasteiger partial charge in [0.25, 0.3) is 0 Å².